The highest BCUT2D eigenvalue weighted by Crippen LogP contribution is 2.39. The number of rotatable bonds is 19. The number of fused-ring (bicyclic) bond motifs is 1. The molecule has 65 heavy (non-hydrogen) atoms. The van der Waals surface area contributed by atoms with Crippen LogP contribution in [0.5, 0.6) is 11.5 Å². The predicted molar refractivity (Wildman–Crippen MR) is 240 cm³/mol. The Labute approximate surface area is 377 Å². The quantitative estimate of drug-likeness (QED) is 0.0219. The van der Waals surface area contributed by atoms with Crippen LogP contribution in [0.3, 0.4) is 0 Å². The van der Waals surface area contributed by atoms with Crippen LogP contribution in [0.2, 0.25) is 0 Å². The highest BCUT2D eigenvalue weighted by Gasteiger charge is 2.33. The first-order valence-electron chi connectivity index (χ1n) is 20.7. The van der Waals surface area contributed by atoms with Gasteiger partial charge in [0.25, 0.3) is 11.8 Å². The molecule has 0 aliphatic carbocycles. The molecule has 2 unspecified atom stereocenters. The molecule has 1 aliphatic heterocycles. The summed E-state index contributed by atoms with van der Waals surface area (Å²) in [4.78, 5) is 67.2. The van der Waals surface area contributed by atoms with E-state index in [9.17, 15) is 37.1 Å². The van der Waals surface area contributed by atoms with Gasteiger partial charge in [-0.1, -0.05) is 48.9 Å². The highest BCUT2D eigenvalue weighted by atomic mass is 32.2. The number of nitrogens with zero attached hydrogens (tertiary/aromatic N) is 4. The molecule has 0 radical (unpaired) electrons. The van der Waals surface area contributed by atoms with Gasteiger partial charge in [0.2, 0.25) is 11.8 Å². The summed E-state index contributed by atoms with van der Waals surface area (Å²) in [6.45, 7) is 1.78. The van der Waals surface area contributed by atoms with Gasteiger partial charge in [0, 0.05) is 57.2 Å². The Morgan fingerprint density at radius 1 is 1.09 bits per heavy atom. The van der Waals surface area contributed by atoms with Crippen LogP contribution in [-0.2, 0) is 21.4 Å². The number of carbonyl (C=O) groups is 5. The average molecular weight is 913 g/mol. The van der Waals surface area contributed by atoms with Gasteiger partial charge in [-0.15, -0.1) is 0 Å². The summed E-state index contributed by atoms with van der Waals surface area (Å²) in [6, 6.07) is 14.4. The lowest BCUT2D eigenvalue weighted by Gasteiger charge is -2.30. The van der Waals surface area contributed by atoms with E-state index < -0.39 is 47.3 Å². The van der Waals surface area contributed by atoms with E-state index in [1.807, 2.05) is 0 Å². The molecular formula is C46H47F3N8O7S. The maximum absolute atomic E-state index is 13.6. The van der Waals surface area contributed by atoms with E-state index in [2.05, 4.69) is 32.2 Å². The molecule has 1 saturated heterocycles. The number of alkyl halides is 2. The van der Waals surface area contributed by atoms with E-state index in [1.54, 1.807) is 55.2 Å². The Hall–Kier alpha value is -7.07. The molecular weight excluding hydrogens is 866 g/mol. The summed E-state index contributed by atoms with van der Waals surface area (Å²) in [5.74, 6) is 1.85. The van der Waals surface area contributed by atoms with Crippen LogP contribution in [0.1, 0.15) is 89.8 Å². The van der Waals surface area contributed by atoms with E-state index in [-0.39, 0.29) is 59.8 Å². The Kier molecular flexibility index (Phi) is 16.1. The molecule has 340 valence electrons. The summed E-state index contributed by atoms with van der Waals surface area (Å²) < 4.78 is 56.0. The third-order valence-corrected chi connectivity index (χ3v) is 11.1. The number of piperidine rings is 1. The van der Waals surface area contributed by atoms with Gasteiger partial charge >= 0.3 is 5.76 Å². The lowest BCUT2D eigenvalue weighted by atomic mass is 10.0. The molecule has 2 atom stereocenters. The Bertz CT molecular complexity index is 2630. The van der Waals surface area contributed by atoms with Crippen LogP contribution < -0.4 is 30.6 Å². The topological polar surface area (TPSA) is 200 Å². The molecule has 1 aliphatic rings. The van der Waals surface area contributed by atoms with Crippen LogP contribution in [0.4, 0.5) is 24.7 Å². The van der Waals surface area contributed by atoms with Crippen LogP contribution in [-0.4, -0.2) is 81.6 Å². The van der Waals surface area contributed by atoms with Gasteiger partial charge in [0.1, 0.15) is 41.0 Å². The van der Waals surface area contributed by atoms with Crippen LogP contribution in [0, 0.1) is 17.7 Å². The number of anilines is 2. The van der Waals surface area contributed by atoms with Gasteiger partial charge in [-0.05, 0) is 68.1 Å². The first-order valence-corrected chi connectivity index (χ1v) is 21.6. The third-order valence-electron chi connectivity index (χ3n) is 10.6. The molecule has 0 saturated carbocycles. The number of pyridine rings is 1. The predicted octanol–water partition coefficient (Wildman–Crippen LogP) is 6.97. The monoisotopic (exact) mass is 912 g/mol. The van der Waals surface area contributed by atoms with Gasteiger partial charge in [0.05, 0.1) is 33.3 Å². The van der Waals surface area contributed by atoms with Crippen LogP contribution in [0.25, 0.3) is 22.2 Å². The standard InChI is InChI=1S/C46H47F3N8O7S/c1-27(28-14-17-31(47)18-15-28)64-37-23-29(16-19-34(37)55-65-46(48)49)41-40-42(57(3)54-41)30(24-52-43(40)50)11-8-6-4-5-7-9-22-51-39(60)26-63-36-13-10-12-32(33(36)25-58)45(62)56(2)35-20-21-38(59)53-44(35)61/h10,12-19,23-25,27,35,46,55H,4-7,9,20-22,26H2,1-3H3,(H2,50,52)(H,51,60)(H,53,59,61). The molecule has 2 aromatic heterocycles. The number of halogens is 3. The Balaban J connectivity index is 0.995. The summed E-state index contributed by atoms with van der Waals surface area (Å²) in [6.07, 6.45) is 5.53. The van der Waals surface area contributed by atoms with Crippen molar-refractivity contribution in [3.8, 4) is 34.6 Å². The first-order chi connectivity index (χ1) is 31.2. The fourth-order valence-electron chi connectivity index (χ4n) is 7.21. The molecule has 3 aromatic carbocycles. The lowest BCUT2D eigenvalue weighted by Crippen LogP contribution is -2.53. The summed E-state index contributed by atoms with van der Waals surface area (Å²) in [5.41, 5.74) is 9.71. The molecule has 1 fully saturated rings. The van der Waals surface area contributed by atoms with Gasteiger partial charge in [-0.3, -0.25) is 34.0 Å². The highest BCUT2D eigenvalue weighted by molar-refractivity contribution is 8.00. The summed E-state index contributed by atoms with van der Waals surface area (Å²) in [7, 11) is 3.18. The number of unbranched alkanes of at least 4 members (excludes halogenated alkanes) is 4. The minimum absolute atomic E-state index is 0.000139. The number of aldehydes is 1. The molecule has 6 rings (SSSR count). The number of hydrogen-bond donors (Lipinski definition) is 4. The number of imide groups is 1. The van der Waals surface area contributed by atoms with Crippen molar-refractivity contribution in [1.82, 2.24) is 30.3 Å². The van der Waals surface area contributed by atoms with Gasteiger partial charge in [-0.2, -0.15) is 13.9 Å². The van der Waals surface area contributed by atoms with Crippen molar-refractivity contribution in [3.05, 3.63) is 94.9 Å². The van der Waals surface area contributed by atoms with Gasteiger partial charge < -0.3 is 30.1 Å². The average Bonchev–Trinajstić information content (AvgIpc) is 3.65. The fraction of sp³-hybridized carbons (Fsp3) is 0.326. The molecule has 0 bridgehead atoms. The largest absolute Gasteiger partial charge is 0.484 e. The summed E-state index contributed by atoms with van der Waals surface area (Å²) in [5, 5.41) is 10.3. The molecule has 15 nitrogen and oxygen atoms in total. The lowest BCUT2D eigenvalue weighted by molar-refractivity contribution is -0.136. The second kappa shape index (κ2) is 22.0. The summed E-state index contributed by atoms with van der Waals surface area (Å²) >= 11 is 0.233. The number of ether oxygens (including phenoxy) is 2. The number of carbonyl (C=O) groups excluding carboxylic acids is 5. The maximum Gasteiger partial charge on any atom is 0.302 e. The van der Waals surface area contributed by atoms with Crippen LogP contribution >= 0.6 is 11.9 Å². The fourth-order valence-corrected chi connectivity index (χ4v) is 7.60. The van der Waals surface area contributed by atoms with Crippen molar-refractivity contribution < 1.29 is 46.6 Å². The second-order valence-electron chi connectivity index (χ2n) is 15.1. The Morgan fingerprint density at radius 2 is 1.86 bits per heavy atom. The smallest absolute Gasteiger partial charge is 0.302 e. The zero-order chi connectivity index (χ0) is 46.6. The molecule has 3 heterocycles. The zero-order valence-electron chi connectivity index (χ0n) is 35.8. The Morgan fingerprint density at radius 3 is 2.60 bits per heavy atom. The van der Waals surface area contributed by atoms with Crippen molar-refractivity contribution in [2.45, 2.75) is 69.8 Å². The third kappa shape index (κ3) is 11.9. The number of benzene rings is 3. The molecule has 0 spiro atoms. The minimum Gasteiger partial charge on any atom is -0.484 e. The van der Waals surface area contributed by atoms with Crippen molar-refractivity contribution in [3.63, 3.8) is 0 Å². The number of nitrogens with one attached hydrogen (secondary N) is 3. The van der Waals surface area contributed by atoms with Crippen LogP contribution in [0.15, 0.2) is 66.9 Å². The van der Waals surface area contributed by atoms with Crippen molar-refractivity contribution in [2.75, 3.05) is 30.7 Å². The van der Waals surface area contributed by atoms with Crippen molar-refractivity contribution >= 4 is 64.3 Å². The molecule has 5 N–H and O–H groups in total. The number of nitrogens with two attached hydrogens (primary N) is 1. The SMILES string of the molecule is CC(Oc1cc(-c2nn(C)c3c(C#CCCCCCCNC(=O)COc4cccc(C(=O)N(C)C5CCC(=O)NC5=O)c4C=O)cnc(N)c23)ccc1NSC(F)F)c1ccc(F)cc1. The number of nitrogen functional groups attached to an aromatic ring is 1. The number of aromatic nitrogens is 3. The number of hydrogen-bond acceptors (Lipinski definition) is 12. The van der Waals surface area contributed by atoms with Crippen molar-refractivity contribution in [1.29, 1.82) is 0 Å². The van der Waals surface area contributed by atoms with Crippen molar-refractivity contribution in [2.24, 2.45) is 7.05 Å². The van der Waals surface area contributed by atoms with E-state index >= 15 is 0 Å². The molecule has 19 heteroatoms. The van der Waals surface area contributed by atoms with E-state index in [1.165, 1.54) is 42.3 Å². The van der Waals surface area contributed by atoms with Gasteiger partial charge in [-0.25, -0.2) is 9.37 Å². The normalized spacial score (nSPS) is 14.0. The molecule has 4 amide bonds. The maximum atomic E-state index is 13.6. The van der Waals surface area contributed by atoms with E-state index in [4.69, 9.17) is 20.3 Å². The van der Waals surface area contributed by atoms with E-state index in [0.29, 0.717) is 64.6 Å². The number of aryl methyl sites for hydroxylation is 1. The number of amides is 4. The second-order valence-corrected chi connectivity index (χ2v) is 15.9. The van der Waals surface area contributed by atoms with E-state index in [0.717, 1.165) is 19.3 Å². The zero-order valence-corrected chi connectivity index (χ0v) is 36.6. The minimum atomic E-state index is -2.68. The first kappa shape index (κ1) is 47.4. The number of likely N-dealkylation sites (N-methyl/N-ethyl adjacent to an activating group) is 1. The van der Waals surface area contributed by atoms with Gasteiger partial charge in [0.15, 0.2) is 12.9 Å². The molecule has 5 aromatic rings.